The van der Waals surface area contributed by atoms with Gasteiger partial charge in [0.25, 0.3) is 0 Å². The van der Waals surface area contributed by atoms with Crippen LogP contribution in [0.15, 0.2) is 42.5 Å². The van der Waals surface area contributed by atoms with E-state index in [4.69, 9.17) is 19.9 Å². The highest BCUT2D eigenvalue weighted by Gasteiger charge is 2.31. The van der Waals surface area contributed by atoms with Crippen molar-refractivity contribution in [3.05, 3.63) is 53.6 Å². The number of carbonyl (C=O) groups is 2. The summed E-state index contributed by atoms with van der Waals surface area (Å²) in [5.41, 5.74) is 5.45. The average molecular weight is 518 g/mol. The van der Waals surface area contributed by atoms with Gasteiger partial charge >= 0.3 is 12.3 Å². The molecule has 0 spiro atoms. The van der Waals surface area contributed by atoms with E-state index in [0.717, 1.165) is 17.8 Å². The van der Waals surface area contributed by atoms with E-state index in [1.807, 2.05) is 18.2 Å². The quantitative estimate of drug-likeness (QED) is 0.596. The summed E-state index contributed by atoms with van der Waals surface area (Å²) in [7, 11) is 3.11. The highest BCUT2D eigenvalue weighted by Crippen LogP contribution is 2.33. The van der Waals surface area contributed by atoms with Gasteiger partial charge in [-0.3, -0.25) is 4.79 Å². The highest BCUT2D eigenvalue weighted by molar-refractivity contribution is 5.85. The fourth-order valence-corrected chi connectivity index (χ4v) is 3.78. The molecule has 2 N–H and O–H groups in total. The van der Waals surface area contributed by atoms with Crippen molar-refractivity contribution in [1.82, 2.24) is 4.90 Å². The molecule has 192 valence electrons. The number of hydrogen-bond acceptors (Lipinski definition) is 6. The van der Waals surface area contributed by atoms with Crippen LogP contribution in [0.25, 0.3) is 0 Å². The lowest BCUT2D eigenvalue weighted by atomic mass is 10.0. The number of benzene rings is 2. The molecule has 0 aliphatic carbocycles. The second-order valence-corrected chi connectivity index (χ2v) is 7.66. The van der Waals surface area contributed by atoms with E-state index in [2.05, 4.69) is 4.90 Å². The molecule has 2 aromatic carbocycles. The van der Waals surface area contributed by atoms with Gasteiger partial charge in [0.15, 0.2) is 11.5 Å². The molecule has 1 fully saturated rings. The van der Waals surface area contributed by atoms with E-state index >= 15 is 0 Å². The standard InChI is InChI=1S/C23H26F3N3O5.ClH/c1-32-18-8-7-17(13-20(18)33-2)28-9-11-29(12-10-28)21(30)14-19(34-22(27)31)15-3-5-16(6-4-15)23(24,25)26;/h3-8,13,19H,9-12,14H2,1-2H3,(H2,27,31);1H. The summed E-state index contributed by atoms with van der Waals surface area (Å²) >= 11 is 0. The van der Waals surface area contributed by atoms with E-state index in [1.54, 1.807) is 19.1 Å². The first-order chi connectivity index (χ1) is 16.1. The number of hydrogen-bond donors (Lipinski definition) is 1. The number of amides is 2. The summed E-state index contributed by atoms with van der Waals surface area (Å²) in [5, 5.41) is 0. The highest BCUT2D eigenvalue weighted by atomic mass is 35.5. The van der Waals surface area contributed by atoms with Crippen LogP contribution in [0.1, 0.15) is 23.7 Å². The van der Waals surface area contributed by atoms with Crippen LogP contribution in [0, 0.1) is 0 Å². The van der Waals surface area contributed by atoms with Crippen molar-refractivity contribution in [3.63, 3.8) is 0 Å². The molecule has 1 unspecified atom stereocenters. The van der Waals surface area contributed by atoms with Crippen LogP contribution < -0.4 is 20.1 Å². The third-order valence-electron chi connectivity index (χ3n) is 5.59. The summed E-state index contributed by atoms with van der Waals surface area (Å²) < 4.78 is 54.1. The van der Waals surface area contributed by atoms with Crippen molar-refractivity contribution >= 4 is 30.1 Å². The smallest absolute Gasteiger partial charge is 0.416 e. The topological polar surface area (TPSA) is 94.3 Å². The van der Waals surface area contributed by atoms with Crippen molar-refractivity contribution in [3.8, 4) is 11.5 Å². The molecule has 1 aliphatic rings. The third-order valence-corrected chi connectivity index (χ3v) is 5.59. The molecule has 0 aromatic heterocycles. The lowest BCUT2D eigenvalue weighted by Gasteiger charge is -2.36. The molecule has 8 nitrogen and oxygen atoms in total. The minimum atomic E-state index is -4.50. The Balaban J connectivity index is 0.00000432. The predicted molar refractivity (Wildman–Crippen MR) is 125 cm³/mol. The minimum Gasteiger partial charge on any atom is -0.493 e. The molecule has 2 amide bonds. The summed E-state index contributed by atoms with van der Waals surface area (Å²) in [5.74, 6) is 0.920. The van der Waals surface area contributed by atoms with Crippen molar-refractivity contribution in [2.75, 3.05) is 45.3 Å². The SMILES string of the molecule is COc1ccc(N2CCN(C(=O)CC(OC(N)=O)c3ccc(C(F)(F)F)cc3)CC2)cc1OC.Cl. The fourth-order valence-electron chi connectivity index (χ4n) is 3.78. The second kappa shape index (κ2) is 11.9. The number of carbonyl (C=O) groups excluding carboxylic acids is 2. The molecule has 1 aliphatic heterocycles. The summed E-state index contributed by atoms with van der Waals surface area (Å²) in [6.07, 6.45) is -6.93. The number of nitrogens with zero attached hydrogens (tertiary/aromatic N) is 2. The molecule has 0 saturated carbocycles. The fraction of sp³-hybridized carbons (Fsp3) is 0.391. The van der Waals surface area contributed by atoms with Gasteiger partial charge in [0.05, 0.1) is 26.2 Å². The summed E-state index contributed by atoms with van der Waals surface area (Å²) in [4.78, 5) is 27.9. The Morgan fingerprint density at radius 1 is 0.971 bits per heavy atom. The number of anilines is 1. The maximum Gasteiger partial charge on any atom is 0.416 e. The monoisotopic (exact) mass is 517 g/mol. The lowest BCUT2D eigenvalue weighted by molar-refractivity contribution is -0.138. The average Bonchev–Trinajstić information content (AvgIpc) is 2.82. The number of alkyl halides is 3. The zero-order valence-corrected chi connectivity index (χ0v) is 20.0. The van der Waals surface area contributed by atoms with Crippen molar-refractivity contribution < 1.29 is 37.0 Å². The molecule has 35 heavy (non-hydrogen) atoms. The first-order valence-corrected chi connectivity index (χ1v) is 10.5. The van der Waals surface area contributed by atoms with Crippen molar-refractivity contribution in [2.45, 2.75) is 18.7 Å². The van der Waals surface area contributed by atoms with E-state index in [9.17, 15) is 22.8 Å². The zero-order valence-electron chi connectivity index (χ0n) is 19.2. The molecule has 1 atom stereocenters. The lowest BCUT2D eigenvalue weighted by Crippen LogP contribution is -2.49. The van der Waals surface area contributed by atoms with Gasteiger partial charge in [-0.25, -0.2) is 4.79 Å². The predicted octanol–water partition coefficient (Wildman–Crippen LogP) is 4.02. The Labute approximate surface area is 207 Å². The summed E-state index contributed by atoms with van der Waals surface area (Å²) in [6, 6.07) is 9.68. The number of primary amides is 1. The molecule has 0 bridgehead atoms. The number of rotatable bonds is 7. The maximum absolute atomic E-state index is 12.9. The summed E-state index contributed by atoms with van der Waals surface area (Å²) in [6.45, 7) is 1.96. The van der Waals surface area contributed by atoms with Crippen LogP contribution in [0.4, 0.5) is 23.7 Å². The number of methoxy groups -OCH3 is 2. The van der Waals surface area contributed by atoms with Crippen LogP contribution in [-0.4, -0.2) is 57.3 Å². The molecule has 12 heteroatoms. The maximum atomic E-state index is 12.9. The van der Waals surface area contributed by atoms with Gasteiger partial charge in [0.1, 0.15) is 6.10 Å². The normalized spacial score (nSPS) is 14.5. The Bertz CT molecular complexity index is 1010. The van der Waals surface area contributed by atoms with Crippen molar-refractivity contribution in [1.29, 1.82) is 0 Å². The molecule has 1 heterocycles. The Morgan fingerprint density at radius 2 is 1.57 bits per heavy atom. The van der Waals surface area contributed by atoms with Gasteiger partial charge in [-0.2, -0.15) is 13.2 Å². The van der Waals surface area contributed by atoms with Crippen LogP contribution in [0.2, 0.25) is 0 Å². The van der Waals surface area contributed by atoms with Crippen molar-refractivity contribution in [2.24, 2.45) is 5.73 Å². The van der Waals surface area contributed by atoms with Gasteiger partial charge in [-0.05, 0) is 29.8 Å². The van der Waals surface area contributed by atoms with Crippen LogP contribution in [-0.2, 0) is 15.7 Å². The van der Waals surface area contributed by atoms with Gasteiger partial charge in [-0.1, -0.05) is 12.1 Å². The Kier molecular flexibility index (Phi) is 9.47. The number of ether oxygens (including phenoxy) is 3. The van der Waals surface area contributed by atoms with Crippen LogP contribution >= 0.6 is 12.4 Å². The van der Waals surface area contributed by atoms with E-state index < -0.39 is 23.9 Å². The first kappa shape index (κ1) is 27.9. The van der Waals surface area contributed by atoms with E-state index in [0.29, 0.717) is 37.7 Å². The van der Waals surface area contributed by atoms with E-state index in [-0.39, 0.29) is 30.3 Å². The number of piperazine rings is 1. The largest absolute Gasteiger partial charge is 0.493 e. The van der Waals surface area contributed by atoms with E-state index in [1.165, 1.54) is 12.1 Å². The Morgan fingerprint density at radius 3 is 2.09 bits per heavy atom. The number of halogens is 4. The molecular formula is C23H27ClF3N3O5. The Hall–Kier alpha value is -3.34. The molecule has 2 aromatic rings. The van der Waals surface area contributed by atoms with Gasteiger partial charge in [-0.15, -0.1) is 12.4 Å². The van der Waals surface area contributed by atoms with Crippen LogP contribution in [0.5, 0.6) is 11.5 Å². The van der Waals surface area contributed by atoms with Gasteiger partial charge < -0.3 is 29.7 Å². The molecule has 1 saturated heterocycles. The third kappa shape index (κ3) is 7.08. The van der Waals surface area contributed by atoms with Gasteiger partial charge in [0.2, 0.25) is 5.91 Å². The number of nitrogens with two attached hydrogens (primary N) is 1. The first-order valence-electron chi connectivity index (χ1n) is 10.5. The minimum absolute atomic E-state index is 0. The van der Waals surface area contributed by atoms with Crippen LogP contribution in [0.3, 0.4) is 0 Å². The molecule has 3 rings (SSSR count). The zero-order chi connectivity index (χ0) is 24.9. The molecule has 0 radical (unpaired) electrons. The van der Waals surface area contributed by atoms with Gasteiger partial charge in [0, 0.05) is 37.9 Å². The molecular weight excluding hydrogens is 491 g/mol. The second-order valence-electron chi connectivity index (χ2n) is 7.66.